The van der Waals surface area contributed by atoms with Crippen LogP contribution >= 0.6 is 0 Å². The molecule has 1 aromatic heterocycles. The molecule has 0 saturated carbocycles. The van der Waals surface area contributed by atoms with E-state index >= 15 is 0 Å². The molecule has 1 N–H and O–H groups in total. The van der Waals surface area contributed by atoms with Crippen LogP contribution in [0.4, 0.5) is 0 Å². The lowest BCUT2D eigenvalue weighted by Crippen LogP contribution is -2.09. The van der Waals surface area contributed by atoms with Crippen molar-refractivity contribution in [1.29, 1.82) is 0 Å². The quantitative estimate of drug-likeness (QED) is 0.881. The van der Waals surface area contributed by atoms with E-state index in [1.807, 2.05) is 6.07 Å². The number of fused-ring (bicyclic) bond motifs is 1. The molecular formula is C14H18N2O. The van der Waals surface area contributed by atoms with E-state index in [0.717, 1.165) is 42.4 Å². The van der Waals surface area contributed by atoms with Crippen LogP contribution < -0.4 is 5.32 Å². The highest BCUT2D eigenvalue weighted by Gasteiger charge is 2.15. The molecule has 3 rings (SSSR count). The summed E-state index contributed by atoms with van der Waals surface area (Å²) in [6.45, 7) is 4.40. The monoisotopic (exact) mass is 230 g/mol. The van der Waals surface area contributed by atoms with Gasteiger partial charge >= 0.3 is 0 Å². The van der Waals surface area contributed by atoms with Crippen molar-refractivity contribution >= 4 is 11.1 Å². The highest BCUT2D eigenvalue weighted by molar-refractivity contribution is 5.73. The lowest BCUT2D eigenvalue weighted by Gasteiger charge is -2.04. The van der Waals surface area contributed by atoms with E-state index in [2.05, 4.69) is 29.4 Å². The maximum atomic E-state index is 5.75. The van der Waals surface area contributed by atoms with Gasteiger partial charge in [0.2, 0.25) is 0 Å². The van der Waals surface area contributed by atoms with Crippen molar-refractivity contribution in [2.75, 3.05) is 13.1 Å². The molecule has 3 heteroatoms. The Morgan fingerprint density at radius 3 is 3.24 bits per heavy atom. The van der Waals surface area contributed by atoms with Gasteiger partial charge in [0.25, 0.3) is 0 Å². The standard InChI is InChI=1S/C14H18N2O/c1-10-2-4-13-12(8-10)16-14(17-13)5-3-11-6-7-15-9-11/h2,4,8,11,15H,3,5-7,9H2,1H3. The van der Waals surface area contributed by atoms with Gasteiger partial charge in [-0.25, -0.2) is 4.98 Å². The summed E-state index contributed by atoms with van der Waals surface area (Å²) in [4.78, 5) is 4.55. The zero-order valence-corrected chi connectivity index (χ0v) is 10.2. The molecule has 1 unspecified atom stereocenters. The third kappa shape index (κ3) is 2.34. The second-order valence-electron chi connectivity index (χ2n) is 4.98. The smallest absolute Gasteiger partial charge is 0.195 e. The zero-order valence-electron chi connectivity index (χ0n) is 10.2. The molecule has 17 heavy (non-hydrogen) atoms. The lowest BCUT2D eigenvalue weighted by atomic mass is 10.0. The molecule has 1 aliphatic rings. The summed E-state index contributed by atoms with van der Waals surface area (Å²) in [6.07, 6.45) is 3.43. The first kappa shape index (κ1) is 10.8. The normalized spacial score (nSPS) is 20.2. The van der Waals surface area contributed by atoms with Gasteiger partial charge in [0, 0.05) is 6.42 Å². The molecule has 1 aliphatic heterocycles. The Bertz CT molecular complexity index is 512. The number of benzene rings is 1. The van der Waals surface area contributed by atoms with Crippen molar-refractivity contribution in [1.82, 2.24) is 10.3 Å². The zero-order chi connectivity index (χ0) is 11.7. The first-order valence-corrected chi connectivity index (χ1v) is 6.38. The van der Waals surface area contributed by atoms with Crippen LogP contribution in [0.15, 0.2) is 22.6 Å². The molecule has 2 aromatic rings. The fourth-order valence-corrected chi connectivity index (χ4v) is 2.48. The number of rotatable bonds is 3. The second kappa shape index (κ2) is 4.49. The molecule has 2 heterocycles. The lowest BCUT2D eigenvalue weighted by molar-refractivity contribution is 0.466. The number of hydrogen-bond acceptors (Lipinski definition) is 3. The third-order valence-electron chi connectivity index (χ3n) is 3.52. The minimum absolute atomic E-state index is 0.798. The van der Waals surface area contributed by atoms with Crippen LogP contribution in [-0.2, 0) is 6.42 Å². The number of aromatic nitrogens is 1. The SMILES string of the molecule is Cc1ccc2oc(CCC3CCNC3)nc2c1. The minimum atomic E-state index is 0.798. The Kier molecular flexibility index (Phi) is 2.85. The van der Waals surface area contributed by atoms with Crippen LogP contribution in [0.25, 0.3) is 11.1 Å². The summed E-state index contributed by atoms with van der Waals surface area (Å²) < 4.78 is 5.75. The molecule has 0 spiro atoms. The van der Waals surface area contributed by atoms with Crippen LogP contribution in [0.1, 0.15) is 24.3 Å². The molecule has 90 valence electrons. The number of hydrogen-bond donors (Lipinski definition) is 1. The van der Waals surface area contributed by atoms with Crippen LogP contribution in [0.5, 0.6) is 0 Å². The van der Waals surface area contributed by atoms with Crippen LogP contribution in [0, 0.1) is 12.8 Å². The molecular weight excluding hydrogens is 212 g/mol. The van der Waals surface area contributed by atoms with E-state index in [4.69, 9.17) is 4.42 Å². The van der Waals surface area contributed by atoms with Crippen molar-refractivity contribution in [3.05, 3.63) is 29.7 Å². The highest BCUT2D eigenvalue weighted by Crippen LogP contribution is 2.20. The molecule has 1 aromatic carbocycles. The molecule has 3 nitrogen and oxygen atoms in total. The number of nitrogens with zero attached hydrogens (tertiary/aromatic N) is 1. The molecule has 0 radical (unpaired) electrons. The van der Waals surface area contributed by atoms with E-state index < -0.39 is 0 Å². The van der Waals surface area contributed by atoms with E-state index in [-0.39, 0.29) is 0 Å². The Labute approximate surface area is 101 Å². The number of nitrogens with one attached hydrogen (secondary N) is 1. The van der Waals surface area contributed by atoms with Gasteiger partial charge < -0.3 is 9.73 Å². The van der Waals surface area contributed by atoms with E-state index in [1.165, 1.54) is 18.4 Å². The Morgan fingerprint density at radius 2 is 2.41 bits per heavy atom. The predicted octanol–water partition coefficient (Wildman–Crippen LogP) is 2.68. The molecule has 0 aliphatic carbocycles. The predicted molar refractivity (Wildman–Crippen MR) is 68.0 cm³/mol. The topological polar surface area (TPSA) is 38.1 Å². The van der Waals surface area contributed by atoms with Crippen LogP contribution in [0.2, 0.25) is 0 Å². The van der Waals surface area contributed by atoms with Gasteiger partial charge in [0.1, 0.15) is 5.52 Å². The van der Waals surface area contributed by atoms with Crippen molar-refractivity contribution in [3.8, 4) is 0 Å². The minimum Gasteiger partial charge on any atom is -0.441 e. The van der Waals surface area contributed by atoms with Crippen molar-refractivity contribution in [2.45, 2.75) is 26.2 Å². The average molecular weight is 230 g/mol. The molecule has 1 fully saturated rings. The van der Waals surface area contributed by atoms with Gasteiger partial charge in [-0.1, -0.05) is 6.07 Å². The number of oxazole rings is 1. The van der Waals surface area contributed by atoms with E-state index in [1.54, 1.807) is 0 Å². The maximum absolute atomic E-state index is 5.75. The highest BCUT2D eigenvalue weighted by atomic mass is 16.3. The third-order valence-corrected chi connectivity index (χ3v) is 3.52. The Hall–Kier alpha value is -1.35. The maximum Gasteiger partial charge on any atom is 0.195 e. The van der Waals surface area contributed by atoms with Gasteiger partial charge in [-0.3, -0.25) is 0 Å². The van der Waals surface area contributed by atoms with E-state index in [9.17, 15) is 0 Å². The fourth-order valence-electron chi connectivity index (χ4n) is 2.48. The summed E-state index contributed by atoms with van der Waals surface area (Å²) in [6, 6.07) is 6.16. The van der Waals surface area contributed by atoms with Crippen molar-refractivity contribution in [2.24, 2.45) is 5.92 Å². The summed E-state index contributed by atoms with van der Waals surface area (Å²) in [5.41, 5.74) is 3.14. The number of aryl methyl sites for hydroxylation is 2. The summed E-state index contributed by atoms with van der Waals surface area (Å²) in [5, 5.41) is 3.39. The summed E-state index contributed by atoms with van der Waals surface area (Å²) in [7, 11) is 0. The second-order valence-corrected chi connectivity index (χ2v) is 4.98. The molecule has 0 amide bonds. The summed E-state index contributed by atoms with van der Waals surface area (Å²) in [5.74, 6) is 1.68. The van der Waals surface area contributed by atoms with Crippen LogP contribution in [0.3, 0.4) is 0 Å². The Balaban J connectivity index is 1.72. The van der Waals surface area contributed by atoms with Gasteiger partial charge in [-0.15, -0.1) is 0 Å². The molecule has 1 saturated heterocycles. The van der Waals surface area contributed by atoms with Gasteiger partial charge in [-0.2, -0.15) is 0 Å². The molecule has 0 bridgehead atoms. The fraction of sp³-hybridized carbons (Fsp3) is 0.500. The van der Waals surface area contributed by atoms with Crippen LogP contribution in [-0.4, -0.2) is 18.1 Å². The first-order valence-electron chi connectivity index (χ1n) is 6.38. The van der Waals surface area contributed by atoms with Gasteiger partial charge in [0.05, 0.1) is 0 Å². The van der Waals surface area contributed by atoms with Gasteiger partial charge in [0.15, 0.2) is 11.5 Å². The largest absolute Gasteiger partial charge is 0.441 e. The molecule has 1 atom stereocenters. The van der Waals surface area contributed by atoms with Crippen molar-refractivity contribution in [3.63, 3.8) is 0 Å². The summed E-state index contributed by atoms with van der Waals surface area (Å²) >= 11 is 0. The first-order chi connectivity index (χ1) is 8.31. The van der Waals surface area contributed by atoms with Crippen molar-refractivity contribution < 1.29 is 4.42 Å². The van der Waals surface area contributed by atoms with Gasteiger partial charge in [-0.05, 0) is 56.5 Å². The average Bonchev–Trinajstić information content (AvgIpc) is 2.94. The van der Waals surface area contributed by atoms with E-state index in [0.29, 0.717) is 0 Å². The Morgan fingerprint density at radius 1 is 1.47 bits per heavy atom.